The van der Waals surface area contributed by atoms with Crippen molar-refractivity contribution in [2.45, 2.75) is 32.2 Å². The summed E-state index contributed by atoms with van der Waals surface area (Å²) in [5, 5.41) is 21.1. The highest BCUT2D eigenvalue weighted by molar-refractivity contribution is 5.92. The highest BCUT2D eigenvalue weighted by Crippen LogP contribution is 2.21. The number of carboxylic acid groups (broad SMARTS) is 1. The third-order valence-corrected chi connectivity index (χ3v) is 3.02. The molecule has 5 nitrogen and oxygen atoms in total. The molecule has 0 radical (unpaired) electrons. The van der Waals surface area contributed by atoms with Gasteiger partial charge in [-0.05, 0) is 12.5 Å². The second kappa shape index (κ2) is 6.13. The Balaban J connectivity index is 2.26. The van der Waals surface area contributed by atoms with Gasteiger partial charge in [-0.25, -0.2) is 4.79 Å². The Morgan fingerprint density at radius 1 is 1.42 bits per heavy atom. The summed E-state index contributed by atoms with van der Waals surface area (Å²) in [7, 11) is 0. The second-order valence-corrected chi connectivity index (χ2v) is 4.45. The van der Waals surface area contributed by atoms with Crippen molar-refractivity contribution in [2.24, 2.45) is 0 Å². The Labute approximate surface area is 111 Å². The molecule has 1 atom stereocenters. The minimum atomic E-state index is -0.839. The van der Waals surface area contributed by atoms with Crippen molar-refractivity contribution >= 4 is 22.6 Å². The average molecular weight is 259 g/mol. The van der Waals surface area contributed by atoms with Crippen LogP contribution in [0.15, 0.2) is 30.5 Å². The Morgan fingerprint density at radius 3 is 2.95 bits per heavy atom. The maximum Gasteiger partial charge on any atom is 0.326 e. The Morgan fingerprint density at radius 2 is 2.21 bits per heavy atom. The zero-order chi connectivity index (χ0) is 13.7. The number of unbranched alkanes of at least 4 members (excludes halogenated alkanes) is 1. The van der Waals surface area contributed by atoms with Gasteiger partial charge in [-0.15, -0.1) is 0 Å². The van der Waals surface area contributed by atoms with E-state index in [9.17, 15) is 9.90 Å². The van der Waals surface area contributed by atoms with Gasteiger partial charge >= 0.3 is 5.97 Å². The summed E-state index contributed by atoms with van der Waals surface area (Å²) < 4.78 is 0. The predicted molar refractivity (Wildman–Crippen MR) is 74.1 cm³/mol. The number of anilines is 1. The molecule has 100 valence electrons. The molecule has 1 aromatic carbocycles. The number of benzene rings is 1. The first-order valence-electron chi connectivity index (χ1n) is 6.42. The average Bonchev–Trinajstić information content (AvgIpc) is 2.43. The molecule has 0 fully saturated rings. The third-order valence-electron chi connectivity index (χ3n) is 3.02. The van der Waals surface area contributed by atoms with E-state index in [1.807, 2.05) is 31.2 Å². The molecular formula is C14H17N3O2. The first kappa shape index (κ1) is 13.3. The zero-order valence-corrected chi connectivity index (χ0v) is 10.8. The SMILES string of the molecule is CCCCC(Nc1cnnc2ccccc12)C(=O)O. The van der Waals surface area contributed by atoms with Crippen LogP contribution >= 0.6 is 0 Å². The largest absolute Gasteiger partial charge is 0.480 e. The Hall–Kier alpha value is -2.17. The van der Waals surface area contributed by atoms with Gasteiger partial charge in [-0.3, -0.25) is 0 Å². The predicted octanol–water partition coefficient (Wildman–Crippen LogP) is 2.69. The van der Waals surface area contributed by atoms with Gasteiger partial charge in [0.25, 0.3) is 0 Å². The third kappa shape index (κ3) is 3.19. The summed E-state index contributed by atoms with van der Waals surface area (Å²) in [6.07, 6.45) is 4.02. The summed E-state index contributed by atoms with van der Waals surface area (Å²) in [5.74, 6) is -0.839. The quantitative estimate of drug-likeness (QED) is 0.834. The topological polar surface area (TPSA) is 75.1 Å². The van der Waals surface area contributed by atoms with Crippen LogP contribution in [0.5, 0.6) is 0 Å². The van der Waals surface area contributed by atoms with Crippen molar-refractivity contribution in [2.75, 3.05) is 5.32 Å². The number of hydrogen-bond donors (Lipinski definition) is 2. The van der Waals surface area contributed by atoms with Crippen LogP contribution in [0.3, 0.4) is 0 Å². The molecule has 0 saturated heterocycles. The lowest BCUT2D eigenvalue weighted by atomic mass is 10.1. The summed E-state index contributed by atoms with van der Waals surface area (Å²) in [6.45, 7) is 2.04. The van der Waals surface area contributed by atoms with E-state index >= 15 is 0 Å². The van der Waals surface area contributed by atoms with E-state index in [-0.39, 0.29) is 0 Å². The maximum atomic E-state index is 11.2. The van der Waals surface area contributed by atoms with E-state index in [0.29, 0.717) is 12.1 Å². The van der Waals surface area contributed by atoms with Gasteiger partial charge < -0.3 is 10.4 Å². The van der Waals surface area contributed by atoms with Crippen LogP contribution in [-0.2, 0) is 4.79 Å². The molecule has 0 aliphatic rings. The van der Waals surface area contributed by atoms with Gasteiger partial charge in [0.05, 0.1) is 17.4 Å². The fraction of sp³-hybridized carbons (Fsp3) is 0.357. The lowest BCUT2D eigenvalue weighted by molar-refractivity contribution is -0.138. The van der Waals surface area contributed by atoms with Crippen LogP contribution in [-0.4, -0.2) is 27.3 Å². The van der Waals surface area contributed by atoms with Crippen LogP contribution in [0.1, 0.15) is 26.2 Å². The molecule has 1 heterocycles. The fourth-order valence-corrected chi connectivity index (χ4v) is 1.98. The number of nitrogens with zero attached hydrogens (tertiary/aromatic N) is 2. The number of rotatable bonds is 6. The summed E-state index contributed by atoms with van der Waals surface area (Å²) in [5.41, 5.74) is 1.47. The smallest absolute Gasteiger partial charge is 0.326 e. The first-order valence-corrected chi connectivity index (χ1v) is 6.42. The number of hydrogen-bond acceptors (Lipinski definition) is 4. The lowest BCUT2D eigenvalue weighted by Crippen LogP contribution is -2.29. The molecule has 2 rings (SSSR count). The van der Waals surface area contributed by atoms with Gasteiger partial charge in [-0.1, -0.05) is 38.0 Å². The highest BCUT2D eigenvalue weighted by Gasteiger charge is 2.17. The van der Waals surface area contributed by atoms with E-state index < -0.39 is 12.0 Å². The maximum absolute atomic E-state index is 11.2. The standard InChI is InChI=1S/C14H17N3O2/c1-2-3-7-12(14(18)19)16-13-9-15-17-11-8-5-4-6-10(11)13/h4-6,8-9,12H,2-3,7H2,1H3,(H,16,17)(H,18,19). The highest BCUT2D eigenvalue weighted by atomic mass is 16.4. The van der Waals surface area contributed by atoms with Crippen molar-refractivity contribution in [3.8, 4) is 0 Å². The van der Waals surface area contributed by atoms with Crippen molar-refractivity contribution in [1.82, 2.24) is 10.2 Å². The molecular weight excluding hydrogens is 242 g/mol. The molecule has 0 aliphatic carbocycles. The van der Waals surface area contributed by atoms with Gasteiger partial charge in [0.15, 0.2) is 0 Å². The van der Waals surface area contributed by atoms with Crippen LogP contribution in [0.4, 0.5) is 5.69 Å². The lowest BCUT2D eigenvalue weighted by Gasteiger charge is -2.16. The number of fused-ring (bicyclic) bond motifs is 1. The summed E-state index contributed by atoms with van der Waals surface area (Å²) in [4.78, 5) is 11.2. The first-order chi connectivity index (χ1) is 9.22. The van der Waals surface area contributed by atoms with E-state index in [0.717, 1.165) is 23.7 Å². The molecule has 0 saturated carbocycles. The molecule has 0 spiro atoms. The van der Waals surface area contributed by atoms with E-state index in [4.69, 9.17) is 0 Å². The Bertz CT molecular complexity index is 566. The van der Waals surface area contributed by atoms with Crippen LogP contribution in [0, 0.1) is 0 Å². The minimum absolute atomic E-state index is 0.590. The number of aromatic nitrogens is 2. The van der Waals surface area contributed by atoms with Crippen LogP contribution in [0.25, 0.3) is 10.9 Å². The van der Waals surface area contributed by atoms with Gasteiger partial charge in [0.2, 0.25) is 0 Å². The van der Waals surface area contributed by atoms with Crippen molar-refractivity contribution in [1.29, 1.82) is 0 Å². The molecule has 0 aliphatic heterocycles. The van der Waals surface area contributed by atoms with Gasteiger partial charge in [-0.2, -0.15) is 10.2 Å². The van der Waals surface area contributed by atoms with Crippen molar-refractivity contribution in [3.63, 3.8) is 0 Å². The molecule has 1 aromatic heterocycles. The zero-order valence-electron chi connectivity index (χ0n) is 10.8. The minimum Gasteiger partial charge on any atom is -0.480 e. The Kier molecular flexibility index (Phi) is 4.28. The molecule has 1 unspecified atom stereocenters. The van der Waals surface area contributed by atoms with Gasteiger partial charge in [0.1, 0.15) is 6.04 Å². The van der Waals surface area contributed by atoms with E-state index in [1.165, 1.54) is 0 Å². The normalized spacial score (nSPS) is 12.3. The number of carboxylic acids is 1. The van der Waals surface area contributed by atoms with Gasteiger partial charge in [0, 0.05) is 5.39 Å². The molecule has 5 heteroatoms. The molecule has 0 amide bonds. The second-order valence-electron chi connectivity index (χ2n) is 4.45. The number of nitrogens with one attached hydrogen (secondary N) is 1. The summed E-state index contributed by atoms with van der Waals surface area (Å²) in [6, 6.07) is 6.96. The van der Waals surface area contributed by atoms with Crippen molar-refractivity contribution < 1.29 is 9.90 Å². The molecule has 2 aromatic rings. The molecule has 0 bridgehead atoms. The molecule has 2 N–H and O–H groups in total. The summed E-state index contributed by atoms with van der Waals surface area (Å²) >= 11 is 0. The van der Waals surface area contributed by atoms with E-state index in [2.05, 4.69) is 15.5 Å². The number of aliphatic carboxylic acids is 1. The van der Waals surface area contributed by atoms with Crippen LogP contribution in [0.2, 0.25) is 0 Å². The van der Waals surface area contributed by atoms with Crippen molar-refractivity contribution in [3.05, 3.63) is 30.5 Å². The van der Waals surface area contributed by atoms with E-state index in [1.54, 1.807) is 6.20 Å². The number of carbonyl (C=O) groups is 1. The monoisotopic (exact) mass is 259 g/mol. The fourth-order valence-electron chi connectivity index (χ4n) is 1.98. The van der Waals surface area contributed by atoms with Crippen LogP contribution < -0.4 is 5.32 Å². The molecule has 19 heavy (non-hydrogen) atoms.